The smallest absolute Gasteiger partial charge is 0.274 e. The van der Waals surface area contributed by atoms with Crippen LogP contribution in [0, 0.1) is 0 Å². The van der Waals surface area contributed by atoms with Crippen molar-refractivity contribution in [3.63, 3.8) is 0 Å². The molecule has 0 bridgehead atoms. The predicted molar refractivity (Wildman–Crippen MR) is 146 cm³/mol. The van der Waals surface area contributed by atoms with Crippen LogP contribution in [-0.2, 0) is 4.79 Å². The summed E-state index contributed by atoms with van der Waals surface area (Å²) in [5.74, 6) is 0.720. The zero-order valence-electron chi connectivity index (χ0n) is 19.4. The van der Waals surface area contributed by atoms with Crippen LogP contribution in [0.15, 0.2) is 98.8 Å². The molecule has 0 saturated carbocycles. The minimum Gasteiger partial charge on any atom is -0.508 e. The number of methoxy groups -OCH3 is 1. The van der Waals surface area contributed by atoms with Gasteiger partial charge < -0.3 is 14.7 Å². The molecule has 0 aliphatic carbocycles. The van der Waals surface area contributed by atoms with Crippen LogP contribution in [-0.4, -0.2) is 35.3 Å². The lowest BCUT2D eigenvalue weighted by Gasteiger charge is -2.17. The van der Waals surface area contributed by atoms with E-state index in [1.54, 1.807) is 54.2 Å². The monoisotopic (exact) mass is 512 g/mol. The number of benzene rings is 3. The molecule has 2 aliphatic heterocycles. The number of ether oxygens (including phenoxy) is 1. The topological polar surface area (TPSA) is 78.3 Å². The quantitative estimate of drug-likeness (QED) is 0.331. The highest BCUT2D eigenvalue weighted by Crippen LogP contribution is 2.51. The van der Waals surface area contributed by atoms with Crippen LogP contribution in [0.5, 0.6) is 11.5 Å². The SMILES string of the molecule is COc1ccc2c(c1)N(C)C(=C1SC(=Nc3cccc4ncccc34)N(c3ccc(O)cc3)C1=O)S2. The zero-order valence-corrected chi connectivity index (χ0v) is 21.0. The Labute approximate surface area is 216 Å². The summed E-state index contributed by atoms with van der Waals surface area (Å²) in [6.07, 6.45) is 1.75. The van der Waals surface area contributed by atoms with Gasteiger partial charge in [-0.15, -0.1) is 0 Å². The van der Waals surface area contributed by atoms with E-state index in [9.17, 15) is 9.90 Å². The molecule has 6 rings (SSSR count). The number of anilines is 2. The van der Waals surface area contributed by atoms with Gasteiger partial charge in [-0.2, -0.15) is 0 Å². The van der Waals surface area contributed by atoms with Crippen LogP contribution in [0.4, 0.5) is 17.1 Å². The van der Waals surface area contributed by atoms with Gasteiger partial charge in [-0.3, -0.25) is 14.7 Å². The van der Waals surface area contributed by atoms with Crippen molar-refractivity contribution < 1.29 is 14.6 Å². The number of aromatic hydroxyl groups is 1. The summed E-state index contributed by atoms with van der Waals surface area (Å²) in [6.45, 7) is 0. The van der Waals surface area contributed by atoms with Crippen molar-refractivity contribution >= 4 is 62.6 Å². The minimum absolute atomic E-state index is 0.130. The lowest BCUT2D eigenvalue weighted by atomic mass is 10.2. The van der Waals surface area contributed by atoms with Crippen LogP contribution in [0.3, 0.4) is 0 Å². The van der Waals surface area contributed by atoms with Gasteiger partial charge in [0.2, 0.25) is 0 Å². The molecule has 3 aromatic carbocycles. The number of amides is 1. The maximum Gasteiger partial charge on any atom is 0.274 e. The number of fused-ring (bicyclic) bond motifs is 2. The average molecular weight is 513 g/mol. The van der Waals surface area contributed by atoms with Crippen molar-refractivity contribution in [3.05, 3.63) is 88.9 Å². The number of pyridine rings is 1. The number of amidine groups is 1. The van der Waals surface area contributed by atoms with Gasteiger partial charge in [0.25, 0.3) is 5.91 Å². The van der Waals surface area contributed by atoms with Crippen molar-refractivity contribution in [3.8, 4) is 11.5 Å². The number of aromatic nitrogens is 1. The van der Waals surface area contributed by atoms with E-state index < -0.39 is 0 Å². The molecule has 1 N–H and O–H groups in total. The fraction of sp³-hybridized carbons (Fsp3) is 0.0741. The number of phenols is 1. The Hall–Kier alpha value is -3.95. The van der Waals surface area contributed by atoms with Crippen LogP contribution >= 0.6 is 23.5 Å². The number of hydrogen-bond donors (Lipinski definition) is 1. The Balaban J connectivity index is 1.49. The van der Waals surface area contributed by atoms with Crippen LogP contribution < -0.4 is 14.5 Å². The highest BCUT2D eigenvalue weighted by atomic mass is 32.2. The molecule has 36 heavy (non-hydrogen) atoms. The molecule has 1 aromatic heterocycles. The molecule has 3 heterocycles. The van der Waals surface area contributed by atoms with E-state index in [2.05, 4.69) is 4.98 Å². The second-order valence-corrected chi connectivity index (χ2v) is 10.1. The first-order valence-electron chi connectivity index (χ1n) is 11.1. The van der Waals surface area contributed by atoms with Crippen molar-refractivity contribution in [2.75, 3.05) is 24.0 Å². The second-order valence-electron chi connectivity index (χ2n) is 8.13. The fourth-order valence-electron chi connectivity index (χ4n) is 4.15. The molecule has 4 aromatic rings. The van der Waals surface area contributed by atoms with E-state index in [0.717, 1.165) is 38.0 Å². The molecular formula is C27H20N4O3S2. The first kappa shape index (κ1) is 22.5. The van der Waals surface area contributed by atoms with E-state index in [1.807, 2.05) is 60.5 Å². The molecule has 0 spiro atoms. The van der Waals surface area contributed by atoms with Gasteiger partial charge in [-0.1, -0.05) is 17.8 Å². The molecule has 1 fully saturated rings. The largest absolute Gasteiger partial charge is 0.508 e. The first-order chi connectivity index (χ1) is 17.5. The maximum absolute atomic E-state index is 13.9. The summed E-state index contributed by atoms with van der Waals surface area (Å²) in [7, 11) is 3.59. The van der Waals surface area contributed by atoms with E-state index >= 15 is 0 Å². The molecule has 0 unspecified atom stereocenters. The highest BCUT2D eigenvalue weighted by Gasteiger charge is 2.40. The Kier molecular flexibility index (Phi) is 5.58. The third kappa shape index (κ3) is 3.77. The van der Waals surface area contributed by atoms with Crippen LogP contribution in [0.25, 0.3) is 10.9 Å². The molecule has 1 amide bonds. The summed E-state index contributed by atoms with van der Waals surface area (Å²) in [6, 6.07) is 22.1. The number of thioether (sulfide) groups is 2. The third-order valence-corrected chi connectivity index (χ3v) is 8.36. The van der Waals surface area contributed by atoms with E-state index in [1.165, 1.54) is 11.8 Å². The van der Waals surface area contributed by atoms with Gasteiger partial charge >= 0.3 is 0 Å². The Morgan fingerprint density at radius 2 is 1.83 bits per heavy atom. The Morgan fingerprint density at radius 1 is 1.00 bits per heavy atom. The summed E-state index contributed by atoms with van der Waals surface area (Å²) in [5.41, 5.74) is 3.17. The molecule has 0 radical (unpaired) electrons. The van der Waals surface area contributed by atoms with E-state index in [-0.39, 0.29) is 11.7 Å². The lowest BCUT2D eigenvalue weighted by Crippen LogP contribution is -2.29. The van der Waals surface area contributed by atoms with Crippen molar-refractivity contribution in [1.29, 1.82) is 0 Å². The molecule has 2 aliphatic rings. The zero-order chi connectivity index (χ0) is 24.8. The highest BCUT2D eigenvalue weighted by molar-refractivity contribution is 8.20. The summed E-state index contributed by atoms with van der Waals surface area (Å²) >= 11 is 2.89. The predicted octanol–water partition coefficient (Wildman–Crippen LogP) is 6.13. The number of carbonyl (C=O) groups excluding carboxylic acids is 1. The first-order valence-corrected chi connectivity index (χ1v) is 12.7. The van der Waals surface area contributed by atoms with Crippen molar-refractivity contribution in [2.24, 2.45) is 4.99 Å². The van der Waals surface area contributed by atoms with Gasteiger partial charge in [0.15, 0.2) is 5.17 Å². The molecular weight excluding hydrogens is 492 g/mol. The summed E-state index contributed by atoms with van der Waals surface area (Å²) < 4.78 is 5.40. The molecule has 7 nitrogen and oxygen atoms in total. The number of hydrogen-bond acceptors (Lipinski definition) is 8. The van der Waals surface area contributed by atoms with Crippen LogP contribution in [0.2, 0.25) is 0 Å². The number of aliphatic imine (C=N–C) groups is 1. The minimum atomic E-state index is -0.170. The molecule has 9 heteroatoms. The Morgan fingerprint density at radius 3 is 2.64 bits per heavy atom. The van der Waals surface area contributed by atoms with Crippen LogP contribution in [0.1, 0.15) is 0 Å². The van der Waals surface area contributed by atoms with Gasteiger partial charge in [-0.05, 0) is 72.4 Å². The molecule has 178 valence electrons. The standard InChI is InChI=1S/C27H20N4O3S2/c1-30-22-15-18(34-2)12-13-23(22)35-26(30)24-25(33)31(16-8-10-17(32)11-9-16)27(36-24)29-21-7-3-6-20-19(21)5-4-14-28-20/h3-15,32H,1-2H3. The van der Waals surface area contributed by atoms with Crippen molar-refractivity contribution in [2.45, 2.75) is 4.90 Å². The summed E-state index contributed by atoms with van der Waals surface area (Å²) in [4.78, 5) is 28.5. The van der Waals surface area contributed by atoms with E-state index in [4.69, 9.17) is 9.73 Å². The molecule has 1 saturated heterocycles. The Bertz CT molecular complexity index is 1580. The second kappa shape index (κ2) is 8.92. The summed E-state index contributed by atoms with van der Waals surface area (Å²) in [5, 5.41) is 12.1. The van der Waals surface area contributed by atoms with Gasteiger partial charge in [0.1, 0.15) is 16.4 Å². The molecule has 0 atom stereocenters. The number of rotatable bonds is 3. The fourth-order valence-corrected chi connectivity index (χ4v) is 6.47. The lowest BCUT2D eigenvalue weighted by molar-refractivity contribution is -0.113. The maximum atomic E-state index is 13.9. The van der Waals surface area contributed by atoms with Gasteiger partial charge in [-0.25, -0.2) is 4.99 Å². The number of phenolic OH excluding ortho intramolecular Hbond substituents is 1. The number of carbonyl (C=O) groups is 1. The van der Waals surface area contributed by atoms with E-state index in [0.29, 0.717) is 15.8 Å². The van der Waals surface area contributed by atoms with Crippen molar-refractivity contribution in [1.82, 2.24) is 4.98 Å². The normalized spacial score (nSPS) is 18.4. The van der Waals surface area contributed by atoms with Gasteiger partial charge in [0.05, 0.1) is 34.7 Å². The average Bonchev–Trinajstić information content (AvgIpc) is 3.40. The van der Waals surface area contributed by atoms with Gasteiger partial charge in [0, 0.05) is 29.6 Å². The number of nitrogens with zero attached hydrogens (tertiary/aromatic N) is 4. The third-order valence-electron chi connectivity index (χ3n) is 5.96.